The molecule has 1 heterocycles. The maximum Gasteiger partial charge on any atom is 0.187 e. The van der Waals surface area contributed by atoms with Gasteiger partial charge in [0.1, 0.15) is 24.4 Å². The Morgan fingerprint density at radius 3 is 2.39 bits per heavy atom. The lowest BCUT2D eigenvalue weighted by Gasteiger charge is -2.42. The molecule has 0 radical (unpaired) electrons. The summed E-state index contributed by atoms with van der Waals surface area (Å²) in [4.78, 5) is 0. The Kier molecular flexibility index (Phi) is 6.18. The maximum absolute atomic E-state index is 10.1. The highest BCUT2D eigenvalue weighted by Gasteiger charge is 2.45. The van der Waals surface area contributed by atoms with Crippen molar-refractivity contribution in [1.29, 1.82) is 0 Å². The quantitative estimate of drug-likeness (QED) is 0.426. The molecular formula is C16H28O7. The molecule has 0 aromatic heterocycles. The predicted octanol–water partition coefficient (Wildman–Crippen LogP) is -0.845. The van der Waals surface area contributed by atoms with E-state index in [1.165, 1.54) is 0 Å². The molecule has 2 rings (SSSR count). The zero-order chi connectivity index (χ0) is 17.3. The van der Waals surface area contributed by atoms with Crippen LogP contribution in [0.5, 0.6) is 0 Å². The monoisotopic (exact) mass is 332 g/mol. The Labute approximate surface area is 136 Å². The average molecular weight is 332 g/mol. The fourth-order valence-electron chi connectivity index (χ4n) is 3.24. The molecule has 5 N–H and O–H groups in total. The van der Waals surface area contributed by atoms with E-state index in [-0.39, 0.29) is 17.9 Å². The van der Waals surface area contributed by atoms with Crippen LogP contribution < -0.4 is 0 Å². The molecule has 1 saturated heterocycles. The summed E-state index contributed by atoms with van der Waals surface area (Å²) in [6.07, 6.45) is -5.01. The molecule has 7 nitrogen and oxygen atoms in total. The zero-order valence-electron chi connectivity index (χ0n) is 13.7. The highest BCUT2D eigenvalue weighted by molar-refractivity contribution is 5.14. The van der Waals surface area contributed by atoms with Gasteiger partial charge in [-0.15, -0.1) is 0 Å². The number of hydrogen-bond acceptors (Lipinski definition) is 7. The van der Waals surface area contributed by atoms with E-state index in [9.17, 15) is 25.5 Å². The number of rotatable bonds is 4. The molecule has 0 bridgehead atoms. The molecule has 1 aliphatic heterocycles. The molecule has 0 saturated carbocycles. The third-order valence-electron chi connectivity index (χ3n) is 4.87. The Morgan fingerprint density at radius 1 is 1.17 bits per heavy atom. The van der Waals surface area contributed by atoms with Crippen LogP contribution in [0.25, 0.3) is 0 Å². The summed E-state index contributed by atoms with van der Waals surface area (Å²) in [6, 6.07) is 0. The second kappa shape index (κ2) is 7.57. The van der Waals surface area contributed by atoms with Crippen LogP contribution >= 0.6 is 0 Å². The predicted molar refractivity (Wildman–Crippen MR) is 81.3 cm³/mol. The van der Waals surface area contributed by atoms with Crippen LogP contribution in [0.1, 0.15) is 27.2 Å². The number of hydrogen-bond donors (Lipinski definition) is 5. The summed E-state index contributed by atoms with van der Waals surface area (Å²) in [5.41, 5.74) is 0.825. The summed E-state index contributed by atoms with van der Waals surface area (Å²) in [5.74, 6) is 0.281. The van der Waals surface area contributed by atoms with Crippen LogP contribution in [0.15, 0.2) is 11.6 Å². The SMILES string of the molecule is CC1=C[C@H](O)[C@H](C(C)C)C[C@H]1O[C@@H]1O[C@H](CO)[C@@H](O)[C@H](O)[C@H]1O. The van der Waals surface area contributed by atoms with Crippen molar-refractivity contribution in [3.05, 3.63) is 11.6 Å². The summed E-state index contributed by atoms with van der Waals surface area (Å²) in [7, 11) is 0. The minimum absolute atomic E-state index is 0.0218. The van der Waals surface area contributed by atoms with E-state index in [2.05, 4.69) is 0 Å². The zero-order valence-corrected chi connectivity index (χ0v) is 13.7. The van der Waals surface area contributed by atoms with E-state index in [1.54, 1.807) is 6.08 Å². The Bertz CT molecular complexity index is 423. The molecule has 1 fully saturated rings. The minimum atomic E-state index is -1.45. The van der Waals surface area contributed by atoms with Crippen molar-refractivity contribution in [2.24, 2.45) is 11.8 Å². The van der Waals surface area contributed by atoms with Crippen molar-refractivity contribution in [1.82, 2.24) is 0 Å². The fourth-order valence-corrected chi connectivity index (χ4v) is 3.24. The van der Waals surface area contributed by atoms with E-state index < -0.39 is 43.4 Å². The molecule has 0 amide bonds. The Balaban J connectivity index is 2.09. The first-order chi connectivity index (χ1) is 10.8. The van der Waals surface area contributed by atoms with Gasteiger partial charge in [0.05, 0.1) is 18.8 Å². The van der Waals surface area contributed by atoms with Gasteiger partial charge in [-0.2, -0.15) is 0 Å². The second-order valence-corrected chi connectivity index (χ2v) is 6.87. The van der Waals surface area contributed by atoms with E-state index in [0.29, 0.717) is 6.42 Å². The minimum Gasteiger partial charge on any atom is -0.394 e. The van der Waals surface area contributed by atoms with Crippen LogP contribution in [-0.2, 0) is 9.47 Å². The van der Waals surface area contributed by atoms with Crippen molar-refractivity contribution in [3.63, 3.8) is 0 Å². The van der Waals surface area contributed by atoms with Crippen LogP contribution in [0, 0.1) is 11.8 Å². The van der Waals surface area contributed by atoms with Crippen LogP contribution in [0.4, 0.5) is 0 Å². The molecule has 2 aliphatic rings. The maximum atomic E-state index is 10.1. The van der Waals surface area contributed by atoms with Gasteiger partial charge in [-0.05, 0) is 30.8 Å². The Morgan fingerprint density at radius 2 is 1.83 bits per heavy atom. The third-order valence-corrected chi connectivity index (χ3v) is 4.87. The largest absolute Gasteiger partial charge is 0.394 e. The second-order valence-electron chi connectivity index (χ2n) is 6.87. The van der Waals surface area contributed by atoms with Crippen molar-refractivity contribution < 1.29 is 35.0 Å². The molecule has 0 aromatic carbocycles. The van der Waals surface area contributed by atoms with Gasteiger partial charge in [-0.1, -0.05) is 19.9 Å². The lowest BCUT2D eigenvalue weighted by Crippen LogP contribution is -2.60. The van der Waals surface area contributed by atoms with Gasteiger partial charge in [0, 0.05) is 0 Å². The van der Waals surface area contributed by atoms with Crippen molar-refractivity contribution in [3.8, 4) is 0 Å². The molecule has 23 heavy (non-hydrogen) atoms. The van der Waals surface area contributed by atoms with Crippen LogP contribution in [-0.4, -0.2) is 75.1 Å². The van der Waals surface area contributed by atoms with E-state index in [4.69, 9.17) is 9.47 Å². The van der Waals surface area contributed by atoms with Crippen molar-refractivity contribution >= 4 is 0 Å². The highest BCUT2D eigenvalue weighted by atomic mass is 16.7. The van der Waals surface area contributed by atoms with E-state index >= 15 is 0 Å². The van der Waals surface area contributed by atoms with Crippen molar-refractivity contribution in [2.45, 2.75) is 70.1 Å². The summed E-state index contributed by atoms with van der Waals surface area (Å²) < 4.78 is 11.2. The topological polar surface area (TPSA) is 120 Å². The van der Waals surface area contributed by atoms with Gasteiger partial charge in [-0.3, -0.25) is 0 Å². The molecule has 134 valence electrons. The van der Waals surface area contributed by atoms with Gasteiger partial charge in [0.25, 0.3) is 0 Å². The number of aliphatic hydroxyl groups excluding tert-OH is 5. The molecular weight excluding hydrogens is 304 g/mol. The summed E-state index contributed by atoms with van der Waals surface area (Å²) >= 11 is 0. The van der Waals surface area contributed by atoms with Gasteiger partial charge in [0.2, 0.25) is 0 Å². The fraction of sp³-hybridized carbons (Fsp3) is 0.875. The molecule has 7 heteroatoms. The lowest BCUT2D eigenvalue weighted by atomic mass is 9.79. The number of ether oxygens (including phenoxy) is 2. The van der Waals surface area contributed by atoms with Gasteiger partial charge < -0.3 is 35.0 Å². The van der Waals surface area contributed by atoms with E-state index in [1.807, 2.05) is 20.8 Å². The molecule has 0 unspecified atom stereocenters. The molecule has 1 aliphatic carbocycles. The van der Waals surface area contributed by atoms with E-state index in [0.717, 1.165) is 5.57 Å². The molecule has 8 atom stereocenters. The first kappa shape index (κ1) is 18.8. The lowest BCUT2D eigenvalue weighted by molar-refractivity contribution is -0.310. The normalized spacial score (nSPS) is 45.2. The Hall–Kier alpha value is -0.540. The van der Waals surface area contributed by atoms with Gasteiger partial charge in [-0.25, -0.2) is 0 Å². The standard InChI is InChI=1S/C16H28O7/c1-7(2)9-5-11(8(3)4-10(9)18)22-16-15(21)14(20)13(19)12(6-17)23-16/h4,7,9-21H,5-6H2,1-3H3/t9-,10-,11+,12+,13+,14-,15+,16+/m0/s1. The average Bonchev–Trinajstić information content (AvgIpc) is 2.49. The van der Waals surface area contributed by atoms with Crippen LogP contribution in [0.3, 0.4) is 0 Å². The van der Waals surface area contributed by atoms with Gasteiger partial charge in [0.15, 0.2) is 6.29 Å². The first-order valence-corrected chi connectivity index (χ1v) is 8.08. The third kappa shape index (κ3) is 3.93. The first-order valence-electron chi connectivity index (χ1n) is 8.08. The summed E-state index contributed by atoms with van der Waals surface area (Å²) in [6.45, 7) is 5.38. The number of aliphatic hydroxyl groups is 5. The van der Waals surface area contributed by atoms with Crippen LogP contribution in [0.2, 0.25) is 0 Å². The van der Waals surface area contributed by atoms with Crippen molar-refractivity contribution in [2.75, 3.05) is 6.61 Å². The highest BCUT2D eigenvalue weighted by Crippen LogP contribution is 2.33. The smallest absolute Gasteiger partial charge is 0.187 e. The van der Waals surface area contributed by atoms with Gasteiger partial charge >= 0.3 is 0 Å². The molecule has 0 aromatic rings. The summed E-state index contributed by atoms with van der Waals surface area (Å²) in [5, 5.41) is 49.0. The molecule has 0 spiro atoms.